The second-order valence-corrected chi connectivity index (χ2v) is 5.00. The normalized spacial score (nSPS) is 10.3. The van der Waals surface area contributed by atoms with Gasteiger partial charge in [0, 0.05) is 31.9 Å². The van der Waals surface area contributed by atoms with Gasteiger partial charge in [-0.05, 0) is 12.0 Å². The van der Waals surface area contributed by atoms with Crippen LogP contribution in [0, 0.1) is 0 Å². The molecular weight excluding hydrogens is 296 g/mol. The first-order valence-electron chi connectivity index (χ1n) is 7.19. The number of nitrogens with two attached hydrogens (primary N) is 1. The predicted octanol–water partition coefficient (Wildman–Crippen LogP) is 1.57. The van der Waals surface area contributed by atoms with Crippen molar-refractivity contribution >= 4 is 17.7 Å². The highest BCUT2D eigenvalue weighted by molar-refractivity contribution is 5.96. The van der Waals surface area contributed by atoms with E-state index in [1.54, 1.807) is 4.90 Å². The molecule has 1 aromatic carbocycles. The molecule has 0 aliphatic heterocycles. The molecule has 0 fully saturated rings. The number of carboxylic acid groups (broad SMARTS) is 1. The molecule has 1 heterocycles. The van der Waals surface area contributed by atoms with Gasteiger partial charge in [0.05, 0.1) is 0 Å². The van der Waals surface area contributed by atoms with E-state index in [4.69, 9.17) is 10.8 Å². The maximum Gasteiger partial charge on any atom is 0.303 e. The fourth-order valence-corrected chi connectivity index (χ4v) is 2.14. The van der Waals surface area contributed by atoms with Crippen LogP contribution in [0.15, 0.2) is 42.7 Å². The van der Waals surface area contributed by atoms with Crippen molar-refractivity contribution in [3.63, 3.8) is 0 Å². The summed E-state index contributed by atoms with van der Waals surface area (Å²) < 4.78 is 0. The highest BCUT2D eigenvalue weighted by atomic mass is 16.4. The largest absolute Gasteiger partial charge is 0.481 e. The molecule has 1 amide bonds. The average Bonchev–Trinajstić information content (AvgIpc) is 2.54. The van der Waals surface area contributed by atoms with Crippen LogP contribution in [0.3, 0.4) is 0 Å². The monoisotopic (exact) mass is 314 g/mol. The molecule has 0 atom stereocenters. The van der Waals surface area contributed by atoms with E-state index in [0.717, 1.165) is 5.56 Å². The van der Waals surface area contributed by atoms with Gasteiger partial charge in [-0.15, -0.1) is 0 Å². The number of carboxylic acids is 1. The number of aliphatic carboxylic acids is 1. The maximum absolute atomic E-state index is 12.6. The van der Waals surface area contributed by atoms with Gasteiger partial charge < -0.3 is 15.7 Å². The Morgan fingerprint density at radius 3 is 2.48 bits per heavy atom. The Labute approximate surface area is 133 Å². The lowest BCUT2D eigenvalue weighted by atomic mass is 10.2. The Morgan fingerprint density at radius 1 is 1.13 bits per heavy atom. The summed E-state index contributed by atoms with van der Waals surface area (Å²) >= 11 is 0. The number of rotatable bonds is 7. The van der Waals surface area contributed by atoms with Crippen molar-refractivity contribution < 1.29 is 14.7 Å². The Morgan fingerprint density at radius 2 is 1.83 bits per heavy atom. The predicted molar refractivity (Wildman–Crippen MR) is 84.5 cm³/mol. The zero-order chi connectivity index (χ0) is 16.7. The van der Waals surface area contributed by atoms with Crippen LogP contribution >= 0.6 is 0 Å². The zero-order valence-electron chi connectivity index (χ0n) is 12.6. The summed E-state index contributed by atoms with van der Waals surface area (Å²) in [6.45, 7) is 0.658. The van der Waals surface area contributed by atoms with E-state index in [1.807, 2.05) is 30.3 Å². The third-order valence-electron chi connectivity index (χ3n) is 3.25. The van der Waals surface area contributed by atoms with Crippen LogP contribution in [0.25, 0.3) is 0 Å². The number of hydrogen-bond acceptors (Lipinski definition) is 5. The van der Waals surface area contributed by atoms with Crippen LogP contribution in [0.1, 0.15) is 28.9 Å². The SMILES string of the molecule is Nc1nccnc1C(=O)N(CCCC(=O)O)Cc1ccccc1. The van der Waals surface area contributed by atoms with Gasteiger partial charge in [-0.3, -0.25) is 9.59 Å². The van der Waals surface area contributed by atoms with Gasteiger partial charge in [0.2, 0.25) is 0 Å². The second kappa shape index (κ2) is 7.88. The molecule has 0 radical (unpaired) electrons. The lowest BCUT2D eigenvalue weighted by Gasteiger charge is -2.22. The minimum atomic E-state index is -0.892. The van der Waals surface area contributed by atoms with Crippen molar-refractivity contribution in [3.05, 3.63) is 54.0 Å². The summed E-state index contributed by atoms with van der Waals surface area (Å²) in [6, 6.07) is 9.45. The van der Waals surface area contributed by atoms with Crippen LogP contribution in [-0.2, 0) is 11.3 Å². The van der Waals surface area contributed by atoms with E-state index in [0.29, 0.717) is 19.5 Å². The topological polar surface area (TPSA) is 109 Å². The van der Waals surface area contributed by atoms with E-state index < -0.39 is 5.97 Å². The molecule has 3 N–H and O–H groups in total. The molecule has 2 aromatic rings. The van der Waals surface area contributed by atoms with Gasteiger partial charge in [-0.1, -0.05) is 30.3 Å². The van der Waals surface area contributed by atoms with E-state index in [1.165, 1.54) is 12.4 Å². The fourth-order valence-electron chi connectivity index (χ4n) is 2.14. The van der Waals surface area contributed by atoms with Crippen LogP contribution in [0.5, 0.6) is 0 Å². The molecule has 0 spiro atoms. The second-order valence-electron chi connectivity index (χ2n) is 5.00. The van der Waals surface area contributed by atoms with Crippen molar-refractivity contribution in [2.75, 3.05) is 12.3 Å². The van der Waals surface area contributed by atoms with Gasteiger partial charge in [-0.2, -0.15) is 0 Å². The van der Waals surface area contributed by atoms with Gasteiger partial charge in [0.1, 0.15) is 0 Å². The molecule has 2 rings (SSSR count). The maximum atomic E-state index is 12.6. The summed E-state index contributed by atoms with van der Waals surface area (Å²) in [4.78, 5) is 32.7. The van der Waals surface area contributed by atoms with Crippen molar-refractivity contribution in [2.45, 2.75) is 19.4 Å². The molecule has 120 valence electrons. The molecular formula is C16H18N4O3. The molecule has 0 bridgehead atoms. The first-order valence-corrected chi connectivity index (χ1v) is 7.19. The third kappa shape index (κ3) is 4.77. The lowest BCUT2D eigenvalue weighted by Crippen LogP contribution is -2.33. The lowest BCUT2D eigenvalue weighted by molar-refractivity contribution is -0.137. The Bertz CT molecular complexity index is 676. The number of carbonyl (C=O) groups is 2. The first-order chi connectivity index (χ1) is 11.1. The highest BCUT2D eigenvalue weighted by Gasteiger charge is 2.20. The number of hydrogen-bond donors (Lipinski definition) is 2. The molecule has 0 aliphatic carbocycles. The van der Waals surface area contributed by atoms with Gasteiger partial charge in [0.25, 0.3) is 5.91 Å². The summed E-state index contributed by atoms with van der Waals surface area (Å²) in [5.41, 5.74) is 6.74. The Kier molecular flexibility index (Phi) is 5.62. The molecule has 0 saturated carbocycles. The highest BCUT2D eigenvalue weighted by Crippen LogP contribution is 2.13. The summed E-state index contributed by atoms with van der Waals surface area (Å²) in [5, 5.41) is 8.77. The van der Waals surface area contributed by atoms with E-state index in [2.05, 4.69) is 9.97 Å². The van der Waals surface area contributed by atoms with E-state index >= 15 is 0 Å². The number of nitrogen functional groups attached to an aromatic ring is 1. The molecule has 0 saturated heterocycles. The number of aromatic nitrogens is 2. The minimum Gasteiger partial charge on any atom is -0.481 e. The first kappa shape index (κ1) is 16.4. The van der Waals surface area contributed by atoms with Crippen molar-refractivity contribution in [1.82, 2.24) is 14.9 Å². The van der Waals surface area contributed by atoms with Gasteiger partial charge in [-0.25, -0.2) is 9.97 Å². The molecule has 7 heteroatoms. The molecule has 0 aliphatic rings. The smallest absolute Gasteiger partial charge is 0.303 e. The molecule has 7 nitrogen and oxygen atoms in total. The van der Waals surface area contributed by atoms with Crippen LogP contribution < -0.4 is 5.73 Å². The molecule has 0 unspecified atom stereocenters. The minimum absolute atomic E-state index is 0.00544. The average molecular weight is 314 g/mol. The summed E-state index contributed by atoms with van der Waals surface area (Å²) in [5.74, 6) is -1.19. The van der Waals surface area contributed by atoms with Crippen molar-refractivity contribution in [2.24, 2.45) is 0 Å². The number of nitrogens with zero attached hydrogens (tertiary/aromatic N) is 3. The van der Waals surface area contributed by atoms with Gasteiger partial charge >= 0.3 is 5.97 Å². The molecule has 1 aromatic heterocycles. The Balaban J connectivity index is 2.16. The van der Waals surface area contributed by atoms with Gasteiger partial charge in [0.15, 0.2) is 11.5 Å². The van der Waals surface area contributed by atoms with Crippen LogP contribution in [0.4, 0.5) is 5.82 Å². The van der Waals surface area contributed by atoms with Crippen molar-refractivity contribution in [1.29, 1.82) is 0 Å². The van der Waals surface area contributed by atoms with E-state index in [9.17, 15) is 9.59 Å². The quantitative estimate of drug-likeness (QED) is 0.802. The van der Waals surface area contributed by atoms with E-state index in [-0.39, 0.29) is 23.8 Å². The standard InChI is InChI=1S/C16H18N4O3/c17-15-14(18-8-9-19-15)16(23)20(10-4-7-13(21)22)11-12-5-2-1-3-6-12/h1-3,5-6,8-9H,4,7,10-11H2,(H2,17,19)(H,21,22). The van der Waals surface area contributed by atoms with Crippen LogP contribution in [-0.4, -0.2) is 38.4 Å². The summed E-state index contributed by atoms with van der Waals surface area (Å²) in [7, 11) is 0. The van der Waals surface area contributed by atoms with Crippen LogP contribution in [0.2, 0.25) is 0 Å². The number of carbonyl (C=O) groups excluding carboxylic acids is 1. The fraction of sp³-hybridized carbons (Fsp3) is 0.250. The number of benzene rings is 1. The Hall–Kier alpha value is -2.96. The third-order valence-corrected chi connectivity index (χ3v) is 3.25. The zero-order valence-corrected chi connectivity index (χ0v) is 12.6. The number of anilines is 1. The molecule has 23 heavy (non-hydrogen) atoms. The summed E-state index contributed by atoms with van der Waals surface area (Å²) in [6.07, 6.45) is 3.17. The van der Waals surface area contributed by atoms with Crippen molar-refractivity contribution in [3.8, 4) is 0 Å². The number of amides is 1.